The molecule has 0 fully saturated rings. The van der Waals surface area contributed by atoms with Gasteiger partial charge in [0.15, 0.2) is 0 Å². The Morgan fingerprint density at radius 2 is 2.67 bits per heavy atom. The van der Waals surface area contributed by atoms with Crippen LogP contribution in [0.4, 0.5) is 4.79 Å². The fourth-order valence-electron chi connectivity index (χ4n) is 0.485. The van der Waals surface area contributed by atoms with E-state index in [1.807, 2.05) is 0 Å². The van der Waals surface area contributed by atoms with Crippen molar-refractivity contribution >= 4 is 6.03 Å². The molecular formula is C4H6N2O3. The average Bonchev–Trinajstić information content (AvgIpc) is 2.37. The van der Waals surface area contributed by atoms with Crippen LogP contribution in [0.25, 0.3) is 0 Å². The van der Waals surface area contributed by atoms with Gasteiger partial charge in [0.2, 0.25) is 0 Å². The number of hydrogen-bond acceptors (Lipinski definition) is 3. The van der Waals surface area contributed by atoms with Gasteiger partial charge in [-0.15, -0.1) is 0 Å². The van der Waals surface area contributed by atoms with Gasteiger partial charge in [-0.1, -0.05) is 0 Å². The molecule has 0 saturated heterocycles. The molecule has 0 aromatic heterocycles. The number of hydroxylamine groups is 3. The smallest absolute Gasteiger partial charge is 0.374 e. The van der Waals surface area contributed by atoms with Crippen LogP contribution in [0.3, 0.4) is 0 Å². The first kappa shape index (κ1) is 5.90. The average molecular weight is 130 g/mol. The number of nitrogens with zero attached hydrogens (tertiary/aromatic N) is 1. The maximum Gasteiger partial charge on any atom is 0.374 e. The van der Waals surface area contributed by atoms with Crippen LogP contribution in [0, 0.1) is 0 Å². The van der Waals surface area contributed by atoms with Gasteiger partial charge in [-0.05, 0) is 6.08 Å². The molecule has 0 aromatic rings. The predicted octanol–water partition coefficient (Wildman–Crippen LogP) is -0.154. The van der Waals surface area contributed by atoms with Crippen LogP contribution in [0.2, 0.25) is 0 Å². The van der Waals surface area contributed by atoms with Crippen molar-refractivity contribution in [1.82, 2.24) is 10.5 Å². The Kier molecular flexibility index (Phi) is 1.55. The molecule has 1 aliphatic rings. The van der Waals surface area contributed by atoms with Gasteiger partial charge in [-0.25, -0.2) is 10.3 Å². The zero-order chi connectivity index (χ0) is 6.69. The largest absolute Gasteiger partial charge is 0.383 e. The third kappa shape index (κ3) is 1.11. The molecule has 0 spiro atoms. The lowest BCUT2D eigenvalue weighted by Gasteiger charge is -2.11. The number of urea groups is 1. The zero-order valence-corrected chi connectivity index (χ0v) is 4.57. The number of amides is 2. The quantitative estimate of drug-likeness (QED) is 0.354. The first-order valence-corrected chi connectivity index (χ1v) is 2.38. The molecule has 0 aromatic carbocycles. The van der Waals surface area contributed by atoms with Crippen molar-refractivity contribution in [2.75, 3.05) is 6.54 Å². The van der Waals surface area contributed by atoms with Gasteiger partial charge in [-0.2, -0.15) is 5.06 Å². The molecule has 0 atom stereocenters. The minimum atomic E-state index is -0.667. The molecule has 0 saturated carbocycles. The Morgan fingerprint density at radius 1 is 1.89 bits per heavy atom. The second-order valence-electron chi connectivity index (χ2n) is 1.46. The van der Waals surface area contributed by atoms with Crippen molar-refractivity contribution in [3.8, 4) is 0 Å². The standard InChI is InChI=1S/C4H6N2O3/c7-4(5-8)6-2-1-3-9-6/h1,3,8H,2H2,(H,5,7). The summed E-state index contributed by atoms with van der Waals surface area (Å²) in [7, 11) is 0. The van der Waals surface area contributed by atoms with Crippen molar-refractivity contribution in [1.29, 1.82) is 0 Å². The van der Waals surface area contributed by atoms with E-state index >= 15 is 0 Å². The number of hydrogen-bond donors (Lipinski definition) is 2. The number of nitrogens with one attached hydrogen (secondary N) is 1. The van der Waals surface area contributed by atoms with Crippen LogP contribution < -0.4 is 5.48 Å². The van der Waals surface area contributed by atoms with Crippen LogP contribution >= 0.6 is 0 Å². The van der Waals surface area contributed by atoms with E-state index in [-0.39, 0.29) is 0 Å². The third-order valence-corrected chi connectivity index (χ3v) is 0.878. The van der Waals surface area contributed by atoms with Gasteiger partial charge in [0.1, 0.15) is 6.26 Å². The molecule has 1 rings (SSSR count). The molecule has 5 nitrogen and oxygen atoms in total. The van der Waals surface area contributed by atoms with E-state index in [1.54, 1.807) is 6.08 Å². The minimum Gasteiger partial charge on any atom is -0.383 e. The highest BCUT2D eigenvalue weighted by Gasteiger charge is 2.13. The van der Waals surface area contributed by atoms with Gasteiger partial charge in [0.05, 0.1) is 6.54 Å². The summed E-state index contributed by atoms with van der Waals surface area (Å²) in [6, 6.07) is -0.667. The van der Waals surface area contributed by atoms with E-state index in [1.165, 1.54) is 11.7 Å². The maximum absolute atomic E-state index is 10.4. The van der Waals surface area contributed by atoms with Gasteiger partial charge in [0, 0.05) is 0 Å². The summed E-state index contributed by atoms with van der Waals surface area (Å²) in [5.41, 5.74) is 1.43. The van der Waals surface area contributed by atoms with E-state index < -0.39 is 6.03 Å². The first-order chi connectivity index (χ1) is 4.34. The van der Waals surface area contributed by atoms with Crippen LogP contribution in [-0.4, -0.2) is 22.8 Å². The van der Waals surface area contributed by atoms with Crippen LogP contribution in [0.1, 0.15) is 0 Å². The molecule has 1 heterocycles. The molecule has 9 heavy (non-hydrogen) atoms. The second kappa shape index (κ2) is 2.36. The molecule has 50 valence electrons. The molecule has 0 radical (unpaired) electrons. The lowest BCUT2D eigenvalue weighted by molar-refractivity contribution is -0.0425. The fourth-order valence-corrected chi connectivity index (χ4v) is 0.485. The SMILES string of the molecule is O=C(NO)N1CC=CO1. The molecule has 1 aliphatic heterocycles. The summed E-state index contributed by atoms with van der Waals surface area (Å²) in [4.78, 5) is 15.0. The molecule has 2 amide bonds. The van der Waals surface area contributed by atoms with Crippen molar-refractivity contribution in [3.63, 3.8) is 0 Å². The Hall–Kier alpha value is -1.23. The number of carbonyl (C=O) groups excluding carboxylic acids is 1. The molecule has 0 unspecified atom stereocenters. The second-order valence-corrected chi connectivity index (χ2v) is 1.46. The number of rotatable bonds is 0. The highest BCUT2D eigenvalue weighted by molar-refractivity contribution is 5.72. The van der Waals surface area contributed by atoms with Crippen molar-refractivity contribution in [2.45, 2.75) is 0 Å². The summed E-state index contributed by atoms with van der Waals surface area (Å²) in [6.07, 6.45) is 3.02. The Morgan fingerprint density at radius 3 is 3.11 bits per heavy atom. The van der Waals surface area contributed by atoms with Crippen LogP contribution in [0.15, 0.2) is 12.3 Å². The van der Waals surface area contributed by atoms with Gasteiger partial charge in [-0.3, -0.25) is 5.21 Å². The molecule has 0 aliphatic carbocycles. The third-order valence-electron chi connectivity index (χ3n) is 0.878. The topological polar surface area (TPSA) is 61.8 Å². The summed E-state index contributed by atoms with van der Waals surface area (Å²) in [5, 5.41) is 9.02. The lowest BCUT2D eigenvalue weighted by Crippen LogP contribution is -2.35. The lowest BCUT2D eigenvalue weighted by atomic mass is 10.6. The first-order valence-electron chi connectivity index (χ1n) is 2.38. The molecule has 5 heteroatoms. The van der Waals surface area contributed by atoms with E-state index in [0.717, 1.165) is 5.06 Å². The highest BCUT2D eigenvalue weighted by Crippen LogP contribution is 1.99. The maximum atomic E-state index is 10.4. The van der Waals surface area contributed by atoms with Gasteiger partial charge < -0.3 is 4.84 Å². The fraction of sp³-hybridized carbons (Fsp3) is 0.250. The molecular weight excluding hydrogens is 124 g/mol. The monoisotopic (exact) mass is 130 g/mol. The summed E-state index contributed by atoms with van der Waals surface area (Å²) in [6.45, 7) is 0.367. The minimum absolute atomic E-state index is 0.367. The van der Waals surface area contributed by atoms with E-state index in [9.17, 15) is 4.79 Å². The predicted molar refractivity (Wildman–Crippen MR) is 27.2 cm³/mol. The molecule has 0 bridgehead atoms. The summed E-state index contributed by atoms with van der Waals surface area (Å²) >= 11 is 0. The van der Waals surface area contributed by atoms with E-state index in [0.29, 0.717) is 6.54 Å². The van der Waals surface area contributed by atoms with E-state index in [4.69, 9.17) is 5.21 Å². The Bertz CT molecular complexity index is 137. The van der Waals surface area contributed by atoms with Crippen LogP contribution in [-0.2, 0) is 4.84 Å². The summed E-state index contributed by atoms with van der Waals surface area (Å²) < 4.78 is 0. The van der Waals surface area contributed by atoms with Crippen molar-refractivity contribution < 1.29 is 14.8 Å². The van der Waals surface area contributed by atoms with Crippen LogP contribution in [0.5, 0.6) is 0 Å². The number of carbonyl (C=O) groups is 1. The van der Waals surface area contributed by atoms with Crippen molar-refractivity contribution in [2.24, 2.45) is 0 Å². The Balaban J connectivity index is 2.36. The normalized spacial score (nSPS) is 15.4. The molecule has 2 N–H and O–H groups in total. The van der Waals surface area contributed by atoms with E-state index in [2.05, 4.69) is 4.84 Å². The zero-order valence-electron chi connectivity index (χ0n) is 4.57. The van der Waals surface area contributed by atoms with Gasteiger partial charge >= 0.3 is 6.03 Å². The van der Waals surface area contributed by atoms with Crippen molar-refractivity contribution in [3.05, 3.63) is 12.3 Å². The van der Waals surface area contributed by atoms with Gasteiger partial charge in [0.25, 0.3) is 0 Å². The highest BCUT2D eigenvalue weighted by atomic mass is 16.7. The Labute approximate surface area is 51.4 Å². The summed E-state index contributed by atoms with van der Waals surface area (Å²) in [5.74, 6) is 0.